The fourth-order valence-corrected chi connectivity index (χ4v) is 5.88. The topological polar surface area (TPSA) is 228 Å². The second kappa shape index (κ2) is 24.0. The van der Waals surface area contributed by atoms with E-state index in [0.29, 0.717) is 19.3 Å². The molecule has 2 heterocycles. The number of carbonyl (C=O) groups is 1. The summed E-state index contributed by atoms with van der Waals surface area (Å²) >= 11 is 0. The number of allylic oxidation sites excluding steroid dienone is 2. The molecule has 0 aliphatic carbocycles. The van der Waals surface area contributed by atoms with Gasteiger partial charge in [-0.3, -0.25) is 4.79 Å². The molecule has 48 heavy (non-hydrogen) atoms. The van der Waals surface area contributed by atoms with Crippen molar-refractivity contribution in [2.75, 3.05) is 19.8 Å². The molecule has 1 amide bonds. The molecule has 12 atom stereocenters. The Labute approximate surface area is 285 Å². The Morgan fingerprint density at radius 3 is 2.04 bits per heavy atom. The van der Waals surface area contributed by atoms with Gasteiger partial charge in [0, 0.05) is 6.42 Å². The lowest BCUT2D eigenvalue weighted by Crippen LogP contribution is -2.65. The summed E-state index contributed by atoms with van der Waals surface area (Å²) in [5, 5.41) is 85.5. The summed E-state index contributed by atoms with van der Waals surface area (Å²) in [6.07, 6.45) is 0.424. The minimum Gasteiger partial charge on any atom is -0.394 e. The summed E-state index contributed by atoms with van der Waals surface area (Å²) in [5.41, 5.74) is 0. The van der Waals surface area contributed by atoms with Gasteiger partial charge in [0.2, 0.25) is 5.91 Å². The van der Waals surface area contributed by atoms with Crippen molar-refractivity contribution in [2.24, 2.45) is 0 Å². The maximum atomic E-state index is 12.8. The number of aliphatic hydroxyl groups is 8. The van der Waals surface area contributed by atoms with Crippen LogP contribution in [0, 0.1) is 0 Å². The first-order valence-electron chi connectivity index (χ1n) is 17.9. The highest BCUT2D eigenvalue weighted by Gasteiger charge is 2.50. The molecule has 0 aromatic rings. The van der Waals surface area contributed by atoms with Crippen LogP contribution in [0.3, 0.4) is 0 Å². The van der Waals surface area contributed by atoms with Crippen LogP contribution in [0.5, 0.6) is 0 Å². The zero-order chi connectivity index (χ0) is 35.5. The van der Waals surface area contributed by atoms with Crippen molar-refractivity contribution in [2.45, 2.75) is 177 Å². The number of hydrogen-bond donors (Lipinski definition) is 9. The van der Waals surface area contributed by atoms with Gasteiger partial charge in [0.15, 0.2) is 12.6 Å². The third-order valence-corrected chi connectivity index (χ3v) is 8.96. The number of aliphatic hydroxyl groups excluding tert-OH is 8. The maximum Gasteiger partial charge on any atom is 0.220 e. The highest BCUT2D eigenvalue weighted by atomic mass is 16.7. The third kappa shape index (κ3) is 14.2. The lowest BCUT2D eigenvalue weighted by Gasteiger charge is -2.46. The number of hydrogen-bond acceptors (Lipinski definition) is 13. The van der Waals surface area contributed by atoms with Gasteiger partial charge in [0.05, 0.1) is 32.0 Å². The number of rotatable bonds is 24. The summed E-state index contributed by atoms with van der Waals surface area (Å²) in [5.74, 6) is -0.231. The smallest absolute Gasteiger partial charge is 0.220 e. The Bertz CT molecular complexity index is 878. The molecule has 0 radical (unpaired) electrons. The number of carbonyl (C=O) groups excluding carboxylic acids is 1. The van der Waals surface area contributed by atoms with Crippen LogP contribution in [0.25, 0.3) is 0 Å². The fraction of sp³-hybridized carbons (Fsp3) is 0.912. The van der Waals surface area contributed by atoms with Gasteiger partial charge in [-0.1, -0.05) is 77.4 Å². The van der Waals surface area contributed by atoms with Crippen molar-refractivity contribution < 1.29 is 64.6 Å². The van der Waals surface area contributed by atoms with Gasteiger partial charge in [-0.25, -0.2) is 0 Å². The van der Waals surface area contributed by atoms with Crippen LogP contribution < -0.4 is 5.32 Å². The summed E-state index contributed by atoms with van der Waals surface area (Å²) in [4.78, 5) is 12.8. The van der Waals surface area contributed by atoms with E-state index in [4.69, 9.17) is 18.9 Å². The van der Waals surface area contributed by atoms with E-state index < -0.39 is 86.8 Å². The summed E-state index contributed by atoms with van der Waals surface area (Å²) < 4.78 is 22.4. The van der Waals surface area contributed by atoms with E-state index in [9.17, 15) is 45.6 Å². The molecule has 14 nitrogen and oxygen atoms in total. The molecule has 282 valence electrons. The maximum absolute atomic E-state index is 12.8. The zero-order valence-corrected chi connectivity index (χ0v) is 28.7. The molecule has 0 aromatic carbocycles. The van der Waals surface area contributed by atoms with Crippen molar-refractivity contribution >= 4 is 5.91 Å². The van der Waals surface area contributed by atoms with Crippen molar-refractivity contribution in [1.29, 1.82) is 0 Å². The molecule has 0 bridgehead atoms. The third-order valence-electron chi connectivity index (χ3n) is 8.96. The SMILES string of the molecule is CCC/C=C\CCCCCCCC(=O)NC(COC1OC(CO)C(OC2OC(CO)C(O)C(O)C2O)C(O)C1O)C(O)CCCCCC. The highest BCUT2D eigenvalue weighted by molar-refractivity contribution is 5.76. The van der Waals surface area contributed by atoms with E-state index in [1.165, 1.54) is 0 Å². The summed E-state index contributed by atoms with van der Waals surface area (Å²) in [6, 6.07) is -0.822. The van der Waals surface area contributed by atoms with E-state index >= 15 is 0 Å². The molecule has 0 saturated carbocycles. The number of amides is 1. The van der Waals surface area contributed by atoms with E-state index in [-0.39, 0.29) is 12.5 Å². The van der Waals surface area contributed by atoms with Crippen LogP contribution >= 0.6 is 0 Å². The predicted octanol–water partition coefficient (Wildman–Crippen LogP) is 0.530. The molecule has 12 unspecified atom stereocenters. The molecule has 2 aliphatic heterocycles. The quantitative estimate of drug-likeness (QED) is 0.0497. The molecular formula is C34H63NO13. The van der Waals surface area contributed by atoms with Crippen LogP contribution in [0.1, 0.15) is 104 Å². The Morgan fingerprint density at radius 1 is 0.729 bits per heavy atom. The van der Waals surface area contributed by atoms with E-state index in [0.717, 1.165) is 70.6 Å². The molecule has 0 aromatic heterocycles. The summed E-state index contributed by atoms with van der Waals surface area (Å²) in [7, 11) is 0. The van der Waals surface area contributed by atoms with Gasteiger partial charge < -0.3 is 65.1 Å². The molecule has 2 aliphatic rings. The molecule has 0 spiro atoms. The normalized spacial score (nSPS) is 32.4. The first-order valence-corrected chi connectivity index (χ1v) is 17.9. The first-order chi connectivity index (χ1) is 23.1. The highest BCUT2D eigenvalue weighted by Crippen LogP contribution is 2.29. The van der Waals surface area contributed by atoms with E-state index in [1.807, 2.05) is 0 Å². The number of nitrogens with one attached hydrogen (secondary N) is 1. The van der Waals surface area contributed by atoms with Crippen LogP contribution in [-0.2, 0) is 23.7 Å². The molecule has 2 rings (SSSR count). The van der Waals surface area contributed by atoms with Crippen LogP contribution in [0.4, 0.5) is 0 Å². The van der Waals surface area contributed by atoms with E-state index in [1.54, 1.807) is 0 Å². The lowest BCUT2D eigenvalue weighted by atomic mass is 9.97. The molecule has 9 N–H and O–H groups in total. The molecule has 2 fully saturated rings. The van der Waals surface area contributed by atoms with Gasteiger partial charge in [-0.05, 0) is 32.1 Å². The first kappa shape index (κ1) is 42.9. The second-order valence-corrected chi connectivity index (χ2v) is 13.0. The summed E-state index contributed by atoms with van der Waals surface area (Å²) in [6.45, 7) is 2.58. The average Bonchev–Trinajstić information content (AvgIpc) is 3.08. The minimum atomic E-state index is -1.78. The van der Waals surface area contributed by atoms with Crippen molar-refractivity contribution in [3.63, 3.8) is 0 Å². The largest absolute Gasteiger partial charge is 0.394 e. The van der Waals surface area contributed by atoms with Gasteiger partial charge in [0.25, 0.3) is 0 Å². The standard InChI is InChI=1S/C34H63NO13/c1-3-5-7-9-10-11-12-13-14-16-18-26(39)35-22(23(38)17-15-8-6-4-2)21-45-33-31(44)29(42)32(25(20-37)47-33)48-34-30(43)28(41)27(40)24(19-36)46-34/h7,9,22-25,27-34,36-38,40-44H,3-6,8,10-21H2,1-2H3,(H,35,39)/b9-7-. The Morgan fingerprint density at radius 2 is 1.35 bits per heavy atom. The van der Waals surface area contributed by atoms with Crippen molar-refractivity contribution in [3.8, 4) is 0 Å². The minimum absolute atomic E-state index is 0.231. The number of unbranched alkanes of at least 4 members (excludes halogenated alkanes) is 9. The molecule has 2 saturated heterocycles. The van der Waals surface area contributed by atoms with Gasteiger partial charge in [-0.15, -0.1) is 0 Å². The van der Waals surface area contributed by atoms with Gasteiger partial charge >= 0.3 is 0 Å². The Balaban J connectivity index is 1.94. The average molecular weight is 694 g/mol. The predicted molar refractivity (Wildman–Crippen MR) is 175 cm³/mol. The number of ether oxygens (including phenoxy) is 4. The Kier molecular flexibility index (Phi) is 21.5. The monoisotopic (exact) mass is 693 g/mol. The lowest BCUT2D eigenvalue weighted by molar-refractivity contribution is -0.359. The van der Waals surface area contributed by atoms with Crippen LogP contribution in [0.2, 0.25) is 0 Å². The van der Waals surface area contributed by atoms with Crippen molar-refractivity contribution in [3.05, 3.63) is 12.2 Å². The van der Waals surface area contributed by atoms with Crippen molar-refractivity contribution in [1.82, 2.24) is 5.32 Å². The zero-order valence-electron chi connectivity index (χ0n) is 28.7. The van der Waals surface area contributed by atoms with Gasteiger partial charge in [0.1, 0.15) is 48.8 Å². The molecular weight excluding hydrogens is 630 g/mol. The molecule has 14 heteroatoms. The fourth-order valence-electron chi connectivity index (χ4n) is 5.88. The van der Waals surface area contributed by atoms with Crippen LogP contribution in [0.15, 0.2) is 12.2 Å². The Hall–Kier alpha value is -1.27. The van der Waals surface area contributed by atoms with Crippen LogP contribution in [-0.4, -0.2) is 140 Å². The second-order valence-electron chi connectivity index (χ2n) is 13.0. The van der Waals surface area contributed by atoms with E-state index in [2.05, 4.69) is 31.3 Å². The van der Waals surface area contributed by atoms with Gasteiger partial charge in [-0.2, -0.15) is 0 Å².